The summed E-state index contributed by atoms with van der Waals surface area (Å²) in [7, 11) is 3.38. The number of benzene rings is 1. The van der Waals surface area contributed by atoms with Crippen LogP contribution < -0.4 is 43.8 Å². The van der Waals surface area contributed by atoms with Gasteiger partial charge in [0.15, 0.2) is 0 Å². The van der Waals surface area contributed by atoms with Crippen LogP contribution in [-0.2, 0) is 18.3 Å². The Morgan fingerprint density at radius 2 is 2.06 bits per heavy atom. The largest absolute Gasteiger partial charge is 0.476 e. The van der Waals surface area contributed by atoms with Gasteiger partial charge in [0.1, 0.15) is 12.0 Å². The molecule has 2 saturated carbocycles. The van der Waals surface area contributed by atoms with Gasteiger partial charge in [0.25, 0.3) is 5.56 Å². The lowest BCUT2D eigenvalue weighted by molar-refractivity contribution is 0.259. The van der Waals surface area contributed by atoms with E-state index in [1.54, 1.807) is 38.5 Å². The molecule has 0 atom stereocenters. The number of nitrogens with two attached hydrogens (primary N) is 2. The van der Waals surface area contributed by atoms with Crippen LogP contribution in [0.2, 0.25) is 0 Å². The van der Waals surface area contributed by atoms with E-state index < -0.39 is 0 Å². The summed E-state index contributed by atoms with van der Waals surface area (Å²) in [6, 6.07) is 11.1. The van der Waals surface area contributed by atoms with E-state index in [2.05, 4.69) is 22.2 Å². The molecule has 1 heterocycles. The van der Waals surface area contributed by atoms with Gasteiger partial charge in [-0.3, -0.25) is 4.79 Å². The first-order valence-electron chi connectivity index (χ1n) is 12.0. The van der Waals surface area contributed by atoms with Crippen LogP contribution in [0.4, 0.5) is 0 Å². The van der Waals surface area contributed by atoms with Crippen molar-refractivity contribution in [3.8, 4) is 6.07 Å². The van der Waals surface area contributed by atoms with E-state index in [-0.39, 0.29) is 16.2 Å². The van der Waals surface area contributed by atoms with Gasteiger partial charge >= 0.3 is 0 Å². The number of thioether (sulfide) groups is 1. The third kappa shape index (κ3) is 5.98. The third-order valence-corrected chi connectivity index (χ3v) is 8.11. The van der Waals surface area contributed by atoms with Gasteiger partial charge in [-0.05, 0) is 49.4 Å². The van der Waals surface area contributed by atoms with Crippen molar-refractivity contribution in [2.75, 3.05) is 13.7 Å². The molecule has 7 N–H and O–H groups in total. The molecule has 2 aliphatic carbocycles. The zero-order chi connectivity index (χ0) is 25.7. The minimum atomic E-state index is -0.246. The number of ether oxygens (including phenoxy) is 1. The molecule has 9 nitrogen and oxygen atoms in total. The van der Waals surface area contributed by atoms with Gasteiger partial charge in [-0.25, -0.2) is 5.43 Å². The van der Waals surface area contributed by atoms with Gasteiger partial charge in [0, 0.05) is 43.5 Å². The van der Waals surface area contributed by atoms with Crippen LogP contribution in [0.3, 0.4) is 0 Å². The molecule has 190 valence electrons. The molecule has 2 aromatic rings. The number of nitrogens with zero attached hydrogens (tertiary/aromatic N) is 2. The van der Waals surface area contributed by atoms with Crippen molar-refractivity contribution in [1.82, 2.24) is 20.7 Å². The average Bonchev–Trinajstić information content (AvgIpc) is 3.83. The molecular formula is C26H33N7O2S. The zero-order valence-electron chi connectivity index (χ0n) is 20.6. The van der Waals surface area contributed by atoms with Gasteiger partial charge in [-0.1, -0.05) is 12.1 Å². The Balaban J connectivity index is 1.58. The van der Waals surface area contributed by atoms with Gasteiger partial charge in [-0.2, -0.15) is 5.26 Å². The lowest BCUT2D eigenvalue weighted by Gasteiger charge is -2.17. The second-order valence-electron chi connectivity index (χ2n) is 9.17. The van der Waals surface area contributed by atoms with Crippen LogP contribution in [0.1, 0.15) is 42.4 Å². The summed E-state index contributed by atoms with van der Waals surface area (Å²) in [6.07, 6.45) is 7.99. The number of aromatic nitrogens is 1. The molecule has 0 spiro atoms. The Morgan fingerprint density at radius 3 is 2.64 bits per heavy atom. The molecule has 4 rings (SSSR count). The summed E-state index contributed by atoms with van der Waals surface area (Å²) < 4.78 is 7.64. The topological polar surface area (TPSA) is 143 Å². The highest BCUT2D eigenvalue weighted by Crippen LogP contribution is 2.55. The maximum Gasteiger partial charge on any atom is 0.260 e. The number of hydrogen-bond donors (Lipinski definition) is 5. The van der Waals surface area contributed by atoms with Crippen LogP contribution in [0.5, 0.6) is 0 Å². The highest BCUT2D eigenvalue weighted by atomic mass is 32.2. The summed E-state index contributed by atoms with van der Waals surface area (Å²) in [5.74, 6) is 0.201. The number of pyridine rings is 1. The lowest BCUT2D eigenvalue weighted by Crippen LogP contribution is -2.47. The van der Waals surface area contributed by atoms with E-state index in [0.29, 0.717) is 40.5 Å². The number of nitrogens with one attached hydrogen (secondary N) is 3. The van der Waals surface area contributed by atoms with Crippen molar-refractivity contribution in [1.29, 1.82) is 5.26 Å². The Morgan fingerprint density at radius 1 is 1.33 bits per heavy atom. The Hall–Kier alpha value is -3.55. The lowest BCUT2D eigenvalue weighted by atomic mass is 10.1. The Labute approximate surface area is 214 Å². The van der Waals surface area contributed by atoms with Crippen molar-refractivity contribution in [3.63, 3.8) is 0 Å². The van der Waals surface area contributed by atoms with E-state index in [4.69, 9.17) is 21.5 Å². The fourth-order valence-corrected chi connectivity index (χ4v) is 5.47. The van der Waals surface area contributed by atoms with E-state index in [9.17, 15) is 4.79 Å². The Kier molecular flexibility index (Phi) is 7.82. The second kappa shape index (κ2) is 11.0. The molecule has 0 radical (unpaired) electrons. The number of rotatable bonds is 11. The van der Waals surface area contributed by atoms with Gasteiger partial charge < -0.3 is 31.5 Å². The third-order valence-electron chi connectivity index (χ3n) is 6.28. The predicted molar refractivity (Wildman–Crippen MR) is 144 cm³/mol. The van der Waals surface area contributed by atoms with E-state index in [0.717, 1.165) is 23.7 Å². The fourth-order valence-electron chi connectivity index (χ4n) is 3.93. The quantitative estimate of drug-likeness (QED) is 0.270. The first kappa shape index (κ1) is 25.5. The minimum absolute atomic E-state index is 0.157. The molecule has 10 heteroatoms. The van der Waals surface area contributed by atoms with Crippen LogP contribution in [0.15, 0.2) is 41.3 Å². The average molecular weight is 508 g/mol. The highest BCUT2D eigenvalue weighted by molar-refractivity contribution is 8.01. The number of hydrazine groups is 1. The van der Waals surface area contributed by atoms with Crippen LogP contribution in [0, 0.1) is 11.3 Å². The standard InChI is InChI=1S/C26H33N7O2S/c1-30-32-22(15-31-14-18-5-3-17(12-27)4-6-18)21-11-19(13-28)23(33(2)25(21)34)24(29)35-16-26(9-10-26)36-20-7-8-20/h3-6,11,13,15,20,30-32H,7-10,14,16,28-29H2,1-2H3/b19-13-,22-15-,24-23-. The van der Waals surface area contributed by atoms with Crippen molar-refractivity contribution >= 4 is 29.5 Å². The smallest absolute Gasteiger partial charge is 0.260 e. The molecule has 1 aromatic heterocycles. The fraction of sp³-hybridized carbons (Fsp3) is 0.385. The first-order chi connectivity index (χ1) is 17.4. The predicted octanol–water partition coefficient (Wildman–Crippen LogP) is 0.235. The summed E-state index contributed by atoms with van der Waals surface area (Å²) in [6.45, 7) is 1.05. The molecule has 36 heavy (non-hydrogen) atoms. The van der Waals surface area contributed by atoms with Crippen molar-refractivity contribution in [3.05, 3.63) is 74.1 Å². The van der Waals surface area contributed by atoms with Crippen molar-refractivity contribution in [2.45, 2.75) is 42.2 Å². The zero-order valence-corrected chi connectivity index (χ0v) is 21.5. The van der Waals surface area contributed by atoms with Gasteiger partial charge in [0.05, 0.1) is 27.6 Å². The second-order valence-corrected chi connectivity index (χ2v) is 10.9. The van der Waals surface area contributed by atoms with E-state index in [1.165, 1.54) is 23.6 Å². The molecule has 2 aliphatic rings. The maximum atomic E-state index is 13.4. The minimum Gasteiger partial charge on any atom is -0.476 e. The number of nitriles is 1. The molecular weight excluding hydrogens is 474 g/mol. The normalized spacial score (nSPS) is 17.8. The molecule has 0 aliphatic heterocycles. The molecule has 1 aromatic carbocycles. The van der Waals surface area contributed by atoms with E-state index >= 15 is 0 Å². The highest BCUT2D eigenvalue weighted by Gasteiger charge is 2.48. The summed E-state index contributed by atoms with van der Waals surface area (Å²) >= 11 is 2.01. The Bertz CT molecular complexity index is 1350. The van der Waals surface area contributed by atoms with Crippen molar-refractivity contribution in [2.24, 2.45) is 18.5 Å². The SMILES string of the molecule is CNN/C(=C\NCc1ccc(C#N)cc1)c1cc(=C/N)/c(=C(\N)OCC2(SC3CC3)CC2)n(C)c1=O. The van der Waals surface area contributed by atoms with Gasteiger partial charge in [0.2, 0.25) is 5.88 Å². The maximum absolute atomic E-state index is 13.4. The van der Waals surface area contributed by atoms with Crippen LogP contribution in [0.25, 0.3) is 17.8 Å². The molecule has 0 amide bonds. The summed E-state index contributed by atoms with van der Waals surface area (Å²) in [5, 5.41) is 14.0. The first-order valence-corrected chi connectivity index (χ1v) is 12.9. The van der Waals surface area contributed by atoms with E-state index in [1.807, 2.05) is 23.9 Å². The van der Waals surface area contributed by atoms with Crippen molar-refractivity contribution < 1.29 is 4.74 Å². The monoisotopic (exact) mass is 507 g/mol. The summed E-state index contributed by atoms with van der Waals surface area (Å²) in [5.41, 5.74) is 20.5. The summed E-state index contributed by atoms with van der Waals surface area (Å²) in [4.78, 5) is 13.4. The van der Waals surface area contributed by atoms with Crippen LogP contribution >= 0.6 is 11.8 Å². The van der Waals surface area contributed by atoms with Gasteiger partial charge in [-0.15, -0.1) is 11.8 Å². The molecule has 0 bridgehead atoms. The molecule has 0 saturated heterocycles. The molecule has 2 fully saturated rings. The number of hydrogen-bond acceptors (Lipinski definition) is 9. The van der Waals surface area contributed by atoms with Crippen LogP contribution in [-0.4, -0.2) is 28.2 Å². The molecule has 0 unspecified atom stereocenters.